The van der Waals surface area contributed by atoms with E-state index in [1.54, 1.807) is 6.92 Å². The molecule has 1 aromatic heterocycles. The number of hydrogen-bond acceptors (Lipinski definition) is 4. The Kier molecular flexibility index (Phi) is 4.10. The van der Waals surface area contributed by atoms with Crippen molar-refractivity contribution >= 4 is 5.78 Å². The summed E-state index contributed by atoms with van der Waals surface area (Å²) in [5.74, 6) is 1.72. The fourth-order valence-corrected chi connectivity index (χ4v) is 1.77. The first-order valence-electron chi connectivity index (χ1n) is 6.48. The molecule has 0 radical (unpaired) electrons. The molecular weight excluding hydrogens is 240 g/mol. The summed E-state index contributed by atoms with van der Waals surface area (Å²) in [6.45, 7) is 5.87. The van der Waals surface area contributed by atoms with Crippen molar-refractivity contribution in [3.05, 3.63) is 35.7 Å². The maximum Gasteiger partial charge on any atom is 0.227 e. The number of carbonyl (C=O) groups is 1. The Labute approximate surface area is 112 Å². The number of nitrogens with zero attached hydrogens (tertiary/aromatic N) is 2. The van der Waals surface area contributed by atoms with Crippen molar-refractivity contribution in [3.63, 3.8) is 0 Å². The van der Waals surface area contributed by atoms with Gasteiger partial charge in [-0.3, -0.25) is 0 Å². The van der Waals surface area contributed by atoms with Gasteiger partial charge in [-0.2, -0.15) is 4.98 Å². The van der Waals surface area contributed by atoms with Crippen molar-refractivity contribution in [1.29, 1.82) is 0 Å². The van der Waals surface area contributed by atoms with E-state index in [-0.39, 0.29) is 5.78 Å². The lowest BCUT2D eigenvalue weighted by Crippen LogP contribution is -1.94. The van der Waals surface area contributed by atoms with Crippen LogP contribution in [0.4, 0.5) is 0 Å². The van der Waals surface area contributed by atoms with Crippen LogP contribution < -0.4 is 0 Å². The van der Waals surface area contributed by atoms with Gasteiger partial charge in [-0.1, -0.05) is 43.3 Å². The summed E-state index contributed by atoms with van der Waals surface area (Å²) in [6.07, 6.45) is 0.945. The van der Waals surface area contributed by atoms with Crippen LogP contribution in [0.25, 0.3) is 11.4 Å². The zero-order valence-electron chi connectivity index (χ0n) is 11.5. The largest absolute Gasteiger partial charge is 0.339 e. The number of aromatic nitrogens is 2. The monoisotopic (exact) mass is 258 g/mol. The molecule has 0 bridgehead atoms. The van der Waals surface area contributed by atoms with Crippen LogP contribution in [0.1, 0.15) is 44.6 Å². The normalized spacial score (nSPS) is 10.9. The van der Waals surface area contributed by atoms with Gasteiger partial charge in [0, 0.05) is 18.4 Å². The molecule has 0 saturated carbocycles. The summed E-state index contributed by atoms with van der Waals surface area (Å²) in [5.41, 5.74) is 2.21. The summed E-state index contributed by atoms with van der Waals surface area (Å²) in [4.78, 5) is 15.2. The molecule has 100 valence electrons. The van der Waals surface area contributed by atoms with Gasteiger partial charge in [0.15, 0.2) is 0 Å². The Bertz CT molecular complexity index is 556. The van der Waals surface area contributed by atoms with Crippen molar-refractivity contribution in [1.82, 2.24) is 10.1 Å². The lowest BCUT2D eigenvalue weighted by molar-refractivity contribution is -0.117. The van der Waals surface area contributed by atoms with E-state index in [4.69, 9.17) is 4.52 Å². The average molecular weight is 258 g/mol. The Morgan fingerprint density at radius 3 is 2.53 bits per heavy atom. The van der Waals surface area contributed by atoms with Crippen molar-refractivity contribution in [2.75, 3.05) is 0 Å². The Balaban J connectivity index is 2.11. The maximum absolute atomic E-state index is 10.9. The molecule has 0 fully saturated rings. The fraction of sp³-hybridized carbons (Fsp3) is 0.400. The van der Waals surface area contributed by atoms with Crippen molar-refractivity contribution in [2.24, 2.45) is 0 Å². The van der Waals surface area contributed by atoms with Crippen molar-refractivity contribution in [3.8, 4) is 11.4 Å². The summed E-state index contributed by atoms with van der Waals surface area (Å²) in [5, 5.41) is 3.94. The van der Waals surface area contributed by atoms with Crippen LogP contribution in [0.3, 0.4) is 0 Å². The van der Waals surface area contributed by atoms with E-state index in [2.05, 4.69) is 36.1 Å². The number of hydrogen-bond donors (Lipinski definition) is 0. The first-order valence-corrected chi connectivity index (χ1v) is 6.48. The second-order valence-corrected chi connectivity index (χ2v) is 4.99. The zero-order valence-corrected chi connectivity index (χ0v) is 11.5. The van der Waals surface area contributed by atoms with E-state index in [1.165, 1.54) is 5.56 Å². The third-order valence-corrected chi connectivity index (χ3v) is 2.99. The molecule has 0 aliphatic rings. The zero-order chi connectivity index (χ0) is 13.8. The van der Waals surface area contributed by atoms with Gasteiger partial charge in [-0.05, 0) is 18.4 Å². The molecule has 0 amide bonds. The molecule has 1 aromatic carbocycles. The molecule has 0 atom stereocenters. The van der Waals surface area contributed by atoms with E-state index < -0.39 is 0 Å². The number of aryl methyl sites for hydroxylation is 1. The van der Waals surface area contributed by atoms with Gasteiger partial charge in [-0.25, -0.2) is 0 Å². The van der Waals surface area contributed by atoms with Gasteiger partial charge in [0.05, 0.1) is 0 Å². The maximum atomic E-state index is 10.9. The minimum absolute atomic E-state index is 0.126. The van der Waals surface area contributed by atoms with Gasteiger partial charge in [0.2, 0.25) is 11.7 Å². The number of carbonyl (C=O) groups excluding carboxylic acids is 1. The van der Waals surface area contributed by atoms with Crippen molar-refractivity contribution in [2.45, 2.75) is 39.5 Å². The van der Waals surface area contributed by atoms with Crippen molar-refractivity contribution < 1.29 is 9.32 Å². The van der Waals surface area contributed by atoms with Gasteiger partial charge in [-0.15, -0.1) is 0 Å². The smallest absolute Gasteiger partial charge is 0.227 e. The van der Waals surface area contributed by atoms with E-state index in [0.717, 1.165) is 5.56 Å². The van der Waals surface area contributed by atoms with Crippen LogP contribution >= 0.6 is 0 Å². The summed E-state index contributed by atoms with van der Waals surface area (Å²) in [7, 11) is 0. The highest BCUT2D eigenvalue weighted by Crippen LogP contribution is 2.20. The standard InChI is InChI=1S/C15H18N2O2/c1-10(2)12-5-7-13(8-6-12)15-16-14(19-17-15)9-4-11(3)18/h5-8,10H,4,9H2,1-3H3. The van der Waals surface area contributed by atoms with Crippen LogP contribution in [0.2, 0.25) is 0 Å². The second-order valence-electron chi connectivity index (χ2n) is 4.99. The number of ketones is 1. The number of rotatable bonds is 5. The molecule has 1 heterocycles. The summed E-state index contributed by atoms with van der Waals surface area (Å²) >= 11 is 0. The first kappa shape index (κ1) is 13.5. The minimum atomic E-state index is 0.126. The summed E-state index contributed by atoms with van der Waals surface area (Å²) < 4.78 is 5.13. The molecule has 0 spiro atoms. The van der Waals surface area contributed by atoms with Crippen LogP contribution in [0.15, 0.2) is 28.8 Å². The molecule has 0 unspecified atom stereocenters. The Morgan fingerprint density at radius 1 is 1.26 bits per heavy atom. The topological polar surface area (TPSA) is 56.0 Å². The second kappa shape index (κ2) is 5.78. The predicted molar refractivity (Wildman–Crippen MR) is 72.8 cm³/mol. The highest BCUT2D eigenvalue weighted by atomic mass is 16.5. The van der Waals surface area contributed by atoms with Crippen LogP contribution in [-0.4, -0.2) is 15.9 Å². The lowest BCUT2D eigenvalue weighted by atomic mass is 10.0. The highest BCUT2D eigenvalue weighted by Gasteiger charge is 2.09. The highest BCUT2D eigenvalue weighted by molar-refractivity contribution is 5.75. The van der Waals surface area contributed by atoms with E-state index in [0.29, 0.717) is 30.5 Å². The third-order valence-electron chi connectivity index (χ3n) is 2.99. The molecule has 0 N–H and O–H groups in total. The van der Waals surface area contributed by atoms with Gasteiger partial charge >= 0.3 is 0 Å². The van der Waals surface area contributed by atoms with Crippen LogP contribution in [0.5, 0.6) is 0 Å². The SMILES string of the molecule is CC(=O)CCc1nc(-c2ccc(C(C)C)cc2)no1. The van der Waals surface area contributed by atoms with Gasteiger partial charge in [0.25, 0.3) is 0 Å². The molecule has 4 heteroatoms. The average Bonchev–Trinajstić information content (AvgIpc) is 2.85. The minimum Gasteiger partial charge on any atom is -0.339 e. The molecule has 0 saturated heterocycles. The van der Waals surface area contributed by atoms with Crippen LogP contribution in [0, 0.1) is 0 Å². The van der Waals surface area contributed by atoms with Crippen LogP contribution in [-0.2, 0) is 11.2 Å². The molecule has 0 aliphatic carbocycles. The Hall–Kier alpha value is -1.97. The first-order chi connectivity index (χ1) is 9.06. The molecular formula is C15H18N2O2. The predicted octanol–water partition coefficient (Wildman–Crippen LogP) is 3.38. The lowest BCUT2D eigenvalue weighted by Gasteiger charge is -2.04. The summed E-state index contributed by atoms with van der Waals surface area (Å²) in [6, 6.07) is 8.14. The molecule has 19 heavy (non-hydrogen) atoms. The Morgan fingerprint density at radius 2 is 1.95 bits per heavy atom. The molecule has 4 nitrogen and oxygen atoms in total. The van der Waals surface area contributed by atoms with E-state index >= 15 is 0 Å². The fourth-order valence-electron chi connectivity index (χ4n) is 1.77. The van der Waals surface area contributed by atoms with Gasteiger partial charge in [0.1, 0.15) is 5.78 Å². The third kappa shape index (κ3) is 3.50. The molecule has 2 rings (SSSR count). The quantitative estimate of drug-likeness (QED) is 0.825. The van der Waals surface area contributed by atoms with Gasteiger partial charge < -0.3 is 9.32 Å². The van der Waals surface area contributed by atoms with E-state index in [9.17, 15) is 4.79 Å². The van der Waals surface area contributed by atoms with E-state index in [1.807, 2.05) is 12.1 Å². The molecule has 2 aromatic rings. The molecule has 0 aliphatic heterocycles. The number of Topliss-reactive ketones (excluding diaryl/α,β-unsaturated/α-hetero) is 1. The number of benzene rings is 1.